The first-order valence-corrected chi connectivity index (χ1v) is 23.7. The number of nitrogens with one attached hydrogen (secondary N) is 3. The minimum absolute atomic E-state index is 0.0435. The topological polar surface area (TPSA) is 364 Å². The number of aromatic nitrogens is 1. The van der Waals surface area contributed by atoms with E-state index in [1.54, 1.807) is 0 Å². The Morgan fingerprint density at radius 2 is 1.23 bits per heavy atom. The Labute approximate surface area is 366 Å². The van der Waals surface area contributed by atoms with Crippen molar-refractivity contribution in [2.45, 2.75) is 19.6 Å². The predicted molar refractivity (Wildman–Crippen MR) is 227 cm³/mol. The number of hydrogen-bond donors (Lipinski definition) is 8. The number of benzene rings is 5. The maximum atomic E-state index is 14.5. The number of aromatic carboxylic acids is 1. The van der Waals surface area contributed by atoms with E-state index in [2.05, 4.69) is 16.0 Å². The molecule has 0 fully saturated rings. The zero-order chi connectivity index (χ0) is 47.7. The van der Waals surface area contributed by atoms with Crippen molar-refractivity contribution < 1.29 is 76.2 Å². The summed E-state index contributed by atoms with van der Waals surface area (Å²) < 4.78 is 139. The molecule has 6 aromatic rings. The fourth-order valence-corrected chi connectivity index (χ4v) is 9.56. The third-order valence-corrected chi connectivity index (χ3v) is 13.5. The molecule has 8 N–H and O–H groups in total. The molecule has 0 atom stereocenters. The minimum Gasteiger partial charge on any atom is -0.478 e. The fraction of sp³-hybridized carbons (Fsp3) is 0.0513. The van der Waals surface area contributed by atoms with Crippen LogP contribution in [0.15, 0.2) is 115 Å². The van der Waals surface area contributed by atoms with E-state index in [1.807, 2.05) is 0 Å². The van der Waals surface area contributed by atoms with Crippen molar-refractivity contribution in [2.75, 3.05) is 22.5 Å². The Kier molecular flexibility index (Phi) is 11.4. The van der Waals surface area contributed by atoms with Gasteiger partial charge in [-0.3, -0.25) is 37.4 Å². The number of amides is 1. The molecule has 22 nitrogen and oxygen atoms in total. The lowest BCUT2D eigenvalue weighted by Gasteiger charge is -2.26. The molecule has 26 heteroatoms. The van der Waals surface area contributed by atoms with E-state index in [0.29, 0.717) is 12.1 Å². The summed E-state index contributed by atoms with van der Waals surface area (Å²) in [5.74, 6) is -4.63. The van der Waals surface area contributed by atoms with Crippen LogP contribution in [0.1, 0.15) is 42.2 Å². The number of hydrogen-bond acceptors (Lipinski definition) is 15. The molecule has 1 aromatic heterocycles. The Morgan fingerprint density at radius 1 is 0.615 bits per heavy atom. The normalized spacial score (nSPS) is 12.7. The zero-order valence-corrected chi connectivity index (χ0v) is 35.8. The van der Waals surface area contributed by atoms with Crippen LogP contribution in [0.5, 0.6) is 0 Å². The molecule has 7 rings (SSSR count). The van der Waals surface area contributed by atoms with E-state index in [4.69, 9.17) is 0 Å². The van der Waals surface area contributed by atoms with E-state index in [0.717, 1.165) is 34.9 Å². The quantitative estimate of drug-likeness (QED) is 0.0606. The van der Waals surface area contributed by atoms with Crippen molar-refractivity contribution in [1.29, 1.82) is 0 Å². The van der Waals surface area contributed by atoms with Crippen molar-refractivity contribution >= 4 is 97.6 Å². The maximum Gasteiger partial charge on any atom is 0.337 e. The molecule has 0 unspecified atom stereocenters. The number of carboxylic acid groups (broad SMARTS) is 1. The summed E-state index contributed by atoms with van der Waals surface area (Å²) in [6.45, 7) is -0.964. The first-order valence-electron chi connectivity index (χ1n) is 17.9. The highest BCUT2D eigenvalue weighted by atomic mass is 32.2. The number of pyridine rings is 1. The van der Waals surface area contributed by atoms with Crippen LogP contribution in [0, 0.1) is 0 Å². The number of carbonyl (C=O) groups is 4. The van der Waals surface area contributed by atoms with E-state index in [9.17, 15) is 81.0 Å². The zero-order valence-electron chi connectivity index (χ0n) is 32.5. The van der Waals surface area contributed by atoms with Gasteiger partial charge in [0.05, 0.1) is 61.3 Å². The van der Waals surface area contributed by atoms with Gasteiger partial charge in [-0.05, 0) is 60.2 Å². The van der Waals surface area contributed by atoms with Crippen LogP contribution in [0.3, 0.4) is 0 Å². The first kappa shape index (κ1) is 45.8. The molecule has 1 aliphatic carbocycles. The molecule has 336 valence electrons. The average molecular weight is 969 g/mol. The third kappa shape index (κ3) is 8.61. The summed E-state index contributed by atoms with van der Waals surface area (Å²) >= 11 is 0. The fourth-order valence-electron chi connectivity index (χ4n) is 7.14. The van der Waals surface area contributed by atoms with Gasteiger partial charge in [-0.15, -0.1) is 0 Å². The van der Waals surface area contributed by atoms with Crippen LogP contribution < -0.4 is 21.5 Å². The highest BCUT2D eigenvalue weighted by molar-refractivity contribution is 7.87. The van der Waals surface area contributed by atoms with Gasteiger partial charge < -0.3 is 25.6 Å². The number of rotatable bonds is 13. The standard InChI is InChI=1S/C39H28N4O18S4/c1-43-28-12-11-24(33-34(28)32(21-7-2-3-8-22(21)37(33)46)35(38(43)47)36(45)18-5-4-6-19(13-18)62(50,51)52)41-26-15-27(30(65(59,60)61)16-29(26)64(56,57)58)42-31(44)17-40-25-14-20(63(53,54)55)9-10-23(25)39(48)49/h2-16,40-41H,17H2,1H3,(H,42,44)(H,48,49)(H,50,51,52)(H,53,54,55)(H,56,57,58)(H,59,60,61). The van der Waals surface area contributed by atoms with Crippen molar-refractivity contribution in [1.82, 2.24) is 4.57 Å². The van der Waals surface area contributed by atoms with Gasteiger partial charge in [0.15, 0.2) is 11.6 Å². The molecule has 0 aliphatic heterocycles. The Balaban J connectivity index is 1.40. The number of aryl methyl sites for hydroxylation is 1. The van der Waals surface area contributed by atoms with E-state index < -0.39 is 124 Å². The Hall–Kier alpha value is -7.17. The van der Waals surface area contributed by atoms with Crippen LogP contribution in [0.2, 0.25) is 0 Å². The van der Waals surface area contributed by atoms with E-state index >= 15 is 0 Å². The molecule has 0 bridgehead atoms. The lowest BCUT2D eigenvalue weighted by atomic mass is 9.80. The first-order chi connectivity index (χ1) is 30.2. The highest BCUT2D eigenvalue weighted by Gasteiger charge is 2.35. The summed E-state index contributed by atoms with van der Waals surface area (Å²) in [5, 5.41) is 16.5. The number of fused-ring (bicyclic) bond motifs is 2. The second-order valence-electron chi connectivity index (χ2n) is 14.0. The molecule has 1 amide bonds. The summed E-state index contributed by atoms with van der Waals surface area (Å²) in [7, 11) is -19.4. The molecule has 0 saturated carbocycles. The molecule has 0 radical (unpaired) electrons. The smallest absolute Gasteiger partial charge is 0.337 e. The van der Waals surface area contributed by atoms with Gasteiger partial charge in [0.1, 0.15) is 9.79 Å². The minimum atomic E-state index is -5.47. The Bertz CT molecular complexity index is 3680. The lowest BCUT2D eigenvalue weighted by molar-refractivity contribution is -0.114. The third-order valence-electron chi connectivity index (χ3n) is 9.99. The summed E-state index contributed by atoms with van der Waals surface area (Å²) in [5.41, 5.74) is -5.21. The number of carboxylic acids is 1. The van der Waals surface area contributed by atoms with Gasteiger partial charge in [0, 0.05) is 29.1 Å². The van der Waals surface area contributed by atoms with Crippen LogP contribution in [0.25, 0.3) is 22.0 Å². The molecular formula is C39H28N4O18S4. The second-order valence-corrected chi connectivity index (χ2v) is 19.6. The molecule has 1 aliphatic rings. The van der Waals surface area contributed by atoms with Crippen molar-refractivity contribution in [2.24, 2.45) is 7.05 Å². The lowest BCUT2D eigenvalue weighted by Crippen LogP contribution is -2.29. The summed E-state index contributed by atoms with van der Waals surface area (Å²) in [4.78, 5) is 63.9. The van der Waals surface area contributed by atoms with Gasteiger partial charge in [-0.25, -0.2) is 4.79 Å². The predicted octanol–water partition coefficient (Wildman–Crippen LogP) is 3.46. The second kappa shape index (κ2) is 16.1. The van der Waals surface area contributed by atoms with E-state index in [-0.39, 0.29) is 50.5 Å². The number of nitrogens with zero attached hydrogens (tertiary/aromatic N) is 1. The highest BCUT2D eigenvalue weighted by Crippen LogP contribution is 2.45. The van der Waals surface area contributed by atoms with Gasteiger partial charge >= 0.3 is 5.97 Å². The van der Waals surface area contributed by atoms with Crippen molar-refractivity contribution in [3.8, 4) is 11.1 Å². The average Bonchev–Trinajstić information content (AvgIpc) is 3.21. The van der Waals surface area contributed by atoms with Gasteiger partial charge in [-0.1, -0.05) is 36.4 Å². The monoisotopic (exact) mass is 968 g/mol. The van der Waals surface area contributed by atoms with Crippen LogP contribution in [0.4, 0.5) is 22.7 Å². The SMILES string of the molecule is Cn1c(=O)c(C(=O)c2cccc(S(=O)(=O)O)c2)c2c3c(c(Nc4cc(NC(=O)CNc5cc(S(=O)(=O)O)ccc5C(=O)O)c(S(=O)(=O)O)cc4S(=O)(=O)O)ccc31)C(=O)c1ccccc1-2. The largest absolute Gasteiger partial charge is 0.478 e. The molecule has 0 spiro atoms. The Morgan fingerprint density at radius 3 is 1.85 bits per heavy atom. The van der Waals surface area contributed by atoms with Crippen LogP contribution in [-0.4, -0.2) is 91.5 Å². The summed E-state index contributed by atoms with van der Waals surface area (Å²) in [6, 6.07) is 15.5. The van der Waals surface area contributed by atoms with E-state index in [1.165, 1.54) is 49.5 Å². The van der Waals surface area contributed by atoms with Gasteiger partial charge in [-0.2, -0.15) is 33.7 Å². The number of anilines is 4. The van der Waals surface area contributed by atoms with Gasteiger partial charge in [0.25, 0.3) is 46.0 Å². The number of ketones is 2. The summed E-state index contributed by atoms with van der Waals surface area (Å²) in [6.07, 6.45) is 0. The van der Waals surface area contributed by atoms with Crippen molar-refractivity contribution in [3.05, 3.63) is 129 Å². The van der Waals surface area contributed by atoms with Crippen molar-refractivity contribution in [3.63, 3.8) is 0 Å². The van der Waals surface area contributed by atoms with Gasteiger partial charge in [0.2, 0.25) is 5.91 Å². The van der Waals surface area contributed by atoms with Crippen LogP contribution in [-0.2, 0) is 52.3 Å². The molecule has 0 saturated heterocycles. The molecule has 5 aromatic carbocycles. The number of carbonyl (C=O) groups excluding carboxylic acids is 3. The van der Waals surface area contributed by atoms with Crippen LogP contribution >= 0.6 is 0 Å². The molecule has 1 heterocycles. The maximum absolute atomic E-state index is 14.5. The molecule has 65 heavy (non-hydrogen) atoms. The molecular weight excluding hydrogens is 941 g/mol.